The number of hydrogen-bond acceptors (Lipinski definition) is 5. The summed E-state index contributed by atoms with van der Waals surface area (Å²) in [5.41, 5.74) is 1.70. The molecule has 5 heteroatoms. The summed E-state index contributed by atoms with van der Waals surface area (Å²) in [6, 6.07) is 6.24. The highest BCUT2D eigenvalue weighted by molar-refractivity contribution is 5.84. The fourth-order valence-electron chi connectivity index (χ4n) is 2.80. The molecule has 104 valence electrons. The Kier molecular flexibility index (Phi) is 3.11. The Balaban J connectivity index is 2.23. The summed E-state index contributed by atoms with van der Waals surface area (Å²) in [6.45, 7) is 2.99. The van der Waals surface area contributed by atoms with E-state index >= 15 is 0 Å². The second-order valence-electron chi connectivity index (χ2n) is 5.03. The number of methoxy groups -OCH3 is 1. The van der Waals surface area contributed by atoms with Gasteiger partial charge in [-0.2, -0.15) is 5.26 Å². The van der Waals surface area contributed by atoms with Gasteiger partial charge in [-0.1, -0.05) is 6.07 Å². The van der Waals surface area contributed by atoms with Crippen molar-refractivity contribution in [1.82, 2.24) is 4.98 Å². The van der Waals surface area contributed by atoms with Crippen molar-refractivity contribution < 1.29 is 13.9 Å². The van der Waals surface area contributed by atoms with Gasteiger partial charge in [-0.15, -0.1) is 0 Å². The molecule has 1 aliphatic rings. The lowest BCUT2D eigenvalue weighted by Crippen LogP contribution is -2.32. The summed E-state index contributed by atoms with van der Waals surface area (Å²) in [4.78, 5) is 4.45. The fraction of sp³-hybridized carbons (Fsp3) is 0.467. The zero-order valence-electron chi connectivity index (χ0n) is 11.6. The number of aromatic nitrogens is 1. The van der Waals surface area contributed by atoms with Gasteiger partial charge in [0.2, 0.25) is 0 Å². The van der Waals surface area contributed by atoms with E-state index in [1.54, 1.807) is 14.0 Å². The molecule has 0 radical (unpaired) electrons. The van der Waals surface area contributed by atoms with E-state index in [0.717, 1.165) is 11.1 Å². The number of nitriles is 1. The maximum Gasteiger partial charge on any atom is 0.196 e. The summed E-state index contributed by atoms with van der Waals surface area (Å²) >= 11 is 0. The number of benzene rings is 1. The summed E-state index contributed by atoms with van der Waals surface area (Å²) < 4.78 is 16.3. The maximum atomic E-state index is 9.69. The molecule has 2 heterocycles. The minimum absolute atomic E-state index is 0.550. The number of ether oxygens (including phenoxy) is 2. The molecule has 2 aromatic rings. The monoisotopic (exact) mass is 272 g/mol. The van der Waals surface area contributed by atoms with Gasteiger partial charge in [0.25, 0.3) is 0 Å². The standard InChI is InChI=1S/C15H16N2O3/c1-10-17-13-11(3-4-12(18-2)14(13)20-10)15(9-16)5-7-19-8-6-15/h3-4H,5-8H2,1-2H3. The highest BCUT2D eigenvalue weighted by Gasteiger charge is 2.37. The van der Waals surface area contributed by atoms with Crippen molar-refractivity contribution in [2.75, 3.05) is 20.3 Å². The molecule has 0 saturated carbocycles. The lowest BCUT2D eigenvalue weighted by atomic mass is 9.75. The topological polar surface area (TPSA) is 68.3 Å². The van der Waals surface area contributed by atoms with E-state index in [0.29, 0.717) is 43.3 Å². The molecule has 0 amide bonds. The average Bonchev–Trinajstić information content (AvgIpc) is 2.88. The molecule has 1 aliphatic heterocycles. The molecule has 0 unspecified atom stereocenters. The highest BCUT2D eigenvalue weighted by atomic mass is 16.5. The first-order chi connectivity index (χ1) is 9.70. The van der Waals surface area contributed by atoms with Gasteiger partial charge < -0.3 is 13.9 Å². The Morgan fingerprint density at radius 1 is 1.35 bits per heavy atom. The molecule has 0 N–H and O–H groups in total. The van der Waals surface area contributed by atoms with Crippen LogP contribution >= 0.6 is 0 Å². The van der Waals surface area contributed by atoms with Gasteiger partial charge >= 0.3 is 0 Å². The van der Waals surface area contributed by atoms with Crippen molar-refractivity contribution in [2.24, 2.45) is 0 Å². The van der Waals surface area contributed by atoms with Crippen LogP contribution < -0.4 is 4.74 Å². The van der Waals surface area contributed by atoms with Gasteiger partial charge in [0.05, 0.1) is 18.6 Å². The molecule has 0 atom stereocenters. The number of aryl methyl sites for hydroxylation is 1. The Hall–Kier alpha value is -2.06. The highest BCUT2D eigenvalue weighted by Crippen LogP contribution is 2.40. The molecule has 5 nitrogen and oxygen atoms in total. The first-order valence-corrected chi connectivity index (χ1v) is 6.64. The molecule has 20 heavy (non-hydrogen) atoms. The largest absolute Gasteiger partial charge is 0.493 e. The van der Waals surface area contributed by atoms with Gasteiger partial charge in [0.15, 0.2) is 17.2 Å². The van der Waals surface area contributed by atoms with E-state index in [9.17, 15) is 5.26 Å². The minimum atomic E-state index is -0.550. The van der Waals surface area contributed by atoms with Crippen molar-refractivity contribution in [2.45, 2.75) is 25.2 Å². The third-order valence-electron chi connectivity index (χ3n) is 3.91. The van der Waals surface area contributed by atoms with E-state index in [4.69, 9.17) is 13.9 Å². The van der Waals surface area contributed by atoms with Gasteiger partial charge in [0.1, 0.15) is 5.52 Å². The third kappa shape index (κ3) is 1.84. The Morgan fingerprint density at radius 2 is 2.10 bits per heavy atom. The van der Waals surface area contributed by atoms with Crippen molar-refractivity contribution in [3.8, 4) is 11.8 Å². The fourth-order valence-corrected chi connectivity index (χ4v) is 2.80. The van der Waals surface area contributed by atoms with Gasteiger partial charge in [-0.3, -0.25) is 0 Å². The number of nitrogens with zero attached hydrogens (tertiary/aromatic N) is 2. The van der Waals surface area contributed by atoms with Crippen LogP contribution in [0.4, 0.5) is 0 Å². The van der Waals surface area contributed by atoms with E-state index < -0.39 is 5.41 Å². The van der Waals surface area contributed by atoms with Gasteiger partial charge in [0, 0.05) is 25.7 Å². The molecule has 1 aromatic heterocycles. The van der Waals surface area contributed by atoms with Crippen molar-refractivity contribution in [3.05, 3.63) is 23.6 Å². The van der Waals surface area contributed by atoms with Crippen molar-refractivity contribution in [1.29, 1.82) is 5.26 Å². The van der Waals surface area contributed by atoms with E-state index in [1.807, 2.05) is 12.1 Å². The number of hydrogen-bond donors (Lipinski definition) is 0. The number of oxazole rings is 1. The smallest absolute Gasteiger partial charge is 0.196 e. The molecular formula is C15H16N2O3. The summed E-state index contributed by atoms with van der Waals surface area (Å²) in [5, 5.41) is 9.69. The van der Waals surface area contributed by atoms with E-state index in [2.05, 4.69) is 11.1 Å². The van der Waals surface area contributed by atoms with Crippen LogP contribution in [0.2, 0.25) is 0 Å². The number of fused-ring (bicyclic) bond motifs is 1. The lowest BCUT2D eigenvalue weighted by Gasteiger charge is -2.31. The van der Waals surface area contributed by atoms with E-state index in [-0.39, 0.29) is 0 Å². The molecule has 0 spiro atoms. The van der Waals surface area contributed by atoms with Crippen molar-refractivity contribution >= 4 is 11.1 Å². The van der Waals surface area contributed by atoms with Crippen LogP contribution in [-0.2, 0) is 10.2 Å². The van der Waals surface area contributed by atoms with Crippen LogP contribution in [0.1, 0.15) is 24.3 Å². The quantitative estimate of drug-likeness (QED) is 0.840. The molecule has 0 aliphatic carbocycles. The minimum Gasteiger partial charge on any atom is -0.493 e. The van der Waals surface area contributed by atoms with Crippen LogP contribution in [0.25, 0.3) is 11.1 Å². The molecule has 3 rings (SSSR count). The Bertz CT molecular complexity index is 678. The molecule has 1 saturated heterocycles. The van der Waals surface area contributed by atoms with E-state index in [1.165, 1.54) is 0 Å². The first-order valence-electron chi connectivity index (χ1n) is 6.64. The van der Waals surface area contributed by atoms with Crippen LogP contribution in [0.3, 0.4) is 0 Å². The first kappa shape index (κ1) is 12.9. The summed E-state index contributed by atoms with van der Waals surface area (Å²) in [7, 11) is 1.60. The van der Waals surface area contributed by atoms with Crippen molar-refractivity contribution in [3.63, 3.8) is 0 Å². The SMILES string of the molecule is COc1ccc(C2(C#N)CCOCC2)c2nc(C)oc12. The summed E-state index contributed by atoms with van der Waals surface area (Å²) in [6.07, 6.45) is 1.35. The third-order valence-corrected chi connectivity index (χ3v) is 3.91. The van der Waals surface area contributed by atoms with Gasteiger partial charge in [-0.25, -0.2) is 4.98 Å². The molecular weight excluding hydrogens is 256 g/mol. The lowest BCUT2D eigenvalue weighted by molar-refractivity contribution is 0.0679. The molecule has 1 aromatic carbocycles. The predicted octanol–water partition coefficient (Wildman–Crippen LogP) is 2.72. The zero-order chi connectivity index (χ0) is 14.2. The second-order valence-corrected chi connectivity index (χ2v) is 5.03. The van der Waals surface area contributed by atoms with Crippen LogP contribution in [0.15, 0.2) is 16.5 Å². The Labute approximate surface area is 117 Å². The predicted molar refractivity (Wildman–Crippen MR) is 72.6 cm³/mol. The normalized spacial score (nSPS) is 17.9. The maximum absolute atomic E-state index is 9.69. The molecule has 0 bridgehead atoms. The zero-order valence-corrected chi connectivity index (χ0v) is 11.6. The average molecular weight is 272 g/mol. The molecule has 1 fully saturated rings. The van der Waals surface area contributed by atoms with Crippen LogP contribution in [0, 0.1) is 18.3 Å². The van der Waals surface area contributed by atoms with Crippen LogP contribution in [0.5, 0.6) is 5.75 Å². The van der Waals surface area contributed by atoms with Crippen LogP contribution in [-0.4, -0.2) is 25.3 Å². The number of rotatable bonds is 2. The summed E-state index contributed by atoms with van der Waals surface area (Å²) in [5.74, 6) is 1.22. The Morgan fingerprint density at radius 3 is 2.75 bits per heavy atom. The second kappa shape index (κ2) is 4.80. The van der Waals surface area contributed by atoms with Gasteiger partial charge in [-0.05, 0) is 18.9 Å².